The largest absolute Gasteiger partial charge is 0.494 e. The summed E-state index contributed by atoms with van der Waals surface area (Å²) in [4.78, 5) is 17.9. The van der Waals surface area contributed by atoms with Crippen LogP contribution in [0, 0.1) is 0 Å². The van der Waals surface area contributed by atoms with Crippen molar-refractivity contribution in [3.05, 3.63) is 29.5 Å². The molecule has 4 rings (SSSR count). The molecule has 1 saturated heterocycles. The number of anilines is 2. The van der Waals surface area contributed by atoms with Crippen LogP contribution < -0.4 is 19.3 Å². The lowest BCUT2D eigenvalue weighted by Gasteiger charge is -2.34. The van der Waals surface area contributed by atoms with E-state index in [4.69, 9.17) is 26.1 Å². The minimum atomic E-state index is 0.660. The third kappa shape index (κ3) is 3.10. The fourth-order valence-electron chi connectivity index (χ4n) is 2.92. The lowest BCUT2D eigenvalue weighted by molar-refractivity contribution is 0.410. The van der Waals surface area contributed by atoms with E-state index >= 15 is 0 Å². The first kappa shape index (κ1) is 17.1. The first-order chi connectivity index (χ1) is 12.7. The second-order valence-electron chi connectivity index (χ2n) is 5.82. The van der Waals surface area contributed by atoms with Gasteiger partial charge in [-0.2, -0.15) is 0 Å². The van der Waals surface area contributed by atoms with Gasteiger partial charge >= 0.3 is 0 Å². The van der Waals surface area contributed by atoms with Gasteiger partial charge in [-0.25, -0.2) is 15.0 Å². The average molecular weight is 392 g/mol. The number of ether oxygens (including phenoxy) is 2. The van der Waals surface area contributed by atoms with Crippen LogP contribution in [0.5, 0.6) is 11.5 Å². The molecule has 0 aliphatic carbocycles. The smallest absolute Gasteiger partial charge is 0.225 e. The zero-order chi connectivity index (χ0) is 18.1. The molecule has 2 aromatic heterocycles. The average Bonchev–Trinajstić information content (AvgIpc) is 3.15. The molecule has 1 aromatic carbocycles. The lowest BCUT2D eigenvalue weighted by atomic mass is 10.3. The predicted octanol–water partition coefficient (Wildman–Crippen LogP) is 3.08. The number of hydrogen-bond acceptors (Lipinski definition) is 8. The Kier molecular flexibility index (Phi) is 4.69. The number of hydrogen-bond donors (Lipinski definition) is 0. The summed E-state index contributed by atoms with van der Waals surface area (Å²) in [5.74, 6) is 2.13. The molecule has 3 heterocycles. The van der Waals surface area contributed by atoms with Crippen molar-refractivity contribution in [1.29, 1.82) is 0 Å². The zero-order valence-electron chi connectivity index (χ0n) is 14.5. The summed E-state index contributed by atoms with van der Waals surface area (Å²) in [5.41, 5.74) is 0.820. The van der Waals surface area contributed by atoms with Crippen LogP contribution >= 0.6 is 22.9 Å². The molecular weight excluding hydrogens is 374 g/mol. The molecule has 0 unspecified atom stereocenters. The van der Waals surface area contributed by atoms with Crippen LogP contribution in [0.1, 0.15) is 0 Å². The molecule has 0 atom stereocenters. The van der Waals surface area contributed by atoms with Gasteiger partial charge in [0.2, 0.25) is 5.95 Å². The predicted molar refractivity (Wildman–Crippen MR) is 104 cm³/mol. The summed E-state index contributed by atoms with van der Waals surface area (Å²) >= 11 is 7.93. The maximum Gasteiger partial charge on any atom is 0.225 e. The van der Waals surface area contributed by atoms with Crippen molar-refractivity contribution in [2.45, 2.75) is 0 Å². The molecule has 1 aliphatic rings. The van der Waals surface area contributed by atoms with Crippen LogP contribution in [-0.4, -0.2) is 55.4 Å². The summed E-state index contributed by atoms with van der Waals surface area (Å²) in [6.07, 6.45) is 3.38. The Morgan fingerprint density at radius 2 is 1.69 bits per heavy atom. The number of rotatable bonds is 4. The van der Waals surface area contributed by atoms with Crippen LogP contribution in [0.2, 0.25) is 5.02 Å². The number of halogens is 1. The van der Waals surface area contributed by atoms with E-state index in [-0.39, 0.29) is 0 Å². The van der Waals surface area contributed by atoms with Gasteiger partial charge in [-0.15, -0.1) is 0 Å². The quantitative estimate of drug-likeness (QED) is 0.677. The van der Waals surface area contributed by atoms with Crippen molar-refractivity contribution in [2.75, 3.05) is 50.2 Å². The topological polar surface area (TPSA) is 63.6 Å². The number of nitrogens with zero attached hydrogens (tertiary/aromatic N) is 5. The fourth-order valence-corrected chi connectivity index (χ4v) is 4.22. The number of aromatic nitrogens is 3. The molecule has 7 nitrogen and oxygen atoms in total. The van der Waals surface area contributed by atoms with E-state index in [0.717, 1.165) is 53.2 Å². The molecule has 9 heteroatoms. The molecule has 0 N–H and O–H groups in total. The van der Waals surface area contributed by atoms with Crippen molar-refractivity contribution >= 4 is 44.2 Å². The summed E-state index contributed by atoms with van der Waals surface area (Å²) in [5, 5.41) is 1.66. The van der Waals surface area contributed by atoms with Gasteiger partial charge in [-0.1, -0.05) is 22.9 Å². The van der Waals surface area contributed by atoms with E-state index in [1.165, 1.54) is 0 Å². The number of thiazole rings is 1. The number of piperazine rings is 1. The summed E-state index contributed by atoms with van der Waals surface area (Å²) < 4.78 is 11.5. The zero-order valence-corrected chi connectivity index (χ0v) is 16.0. The molecule has 0 saturated carbocycles. The molecule has 0 amide bonds. The number of methoxy groups -OCH3 is 2. The Labute approximate surface area is 160 Å². The van der Waals surface area contributed by atoms with E-state index in [9.17, 15) is 0 Å². The fraction of sp³-hybridized carbons (Fsp3) is 0.353. The SMILES string of the molecule is COc1cnc(N2CCN(c3nc4c(OC)ccc(Cl)c4s3)CC2)nc1. The summed E-state index contributed by atoms with van der Waals surface area (Å²) in [6, 6.07) is 3.71. The van der Waals surface area contributed by atoms with Gasteiger partial charge in [0, 0.05) is 26.2 Å². The minimum absolute atomic E-state index is 0.660. The lowest BCUT2D eigenvalue weighted by Crippen LogP contribution is -2.47. The van der Waals surface area contributed by atoms with Gasteiger partial charge in [-0.3, -0.25) is 0 Å². The van der Waals surface area contributed by atoms with Gasteiger partial charge in [0.15, 0.2) is 10.9 Å². The molecule has 26 heavy (non-hydrogen) atoms. The molecule has 136 valence electrons. The van der Waals surface area contributed by atoms with Crippen LogP contribution in [0.3, 0.4) is 0 Å². The van der Waals surface area contributed by atoms with Crippen molar-refractivity contribution in [2.24, 2.45) is 0 Å². The van der Waals surface area contributed by atoms with Crippen molar-refractivity contribution < 1.29 is 9.47 Å². The minimum Gasteiger partial charge on any atom is -0.494 e. The van der Waals surface area contributed by atoms with Gasteiger partial charge in [0.1, 0.15) is 11.3 Å². The standard InChI is InChI=1S/C17H18ClN5O2S/c1-24-11-9-19-16(20-10-11)22-5-7-23(8-6-22)17-21-14-13(25-2)4-3-12(18)15(14)26-17/h3-4,9-10H,5-8H2,1-2H3. The Bertz CT molecular complexity index is 909. The van der Waals surface area contributed by atoms with Gasteiger partial charge in [0.25, 0.3) is 0 Å². The summed E-state index contributed by atoms with van der Waals surface area (Å²) in [7, 11) is 3.26. The highest BCUT2D eigenvalue weighted by Crippen LogP contribution is 2.38. The molecule has 0 spiro atoms. The van der Waals surface area contributed by atoms with Gasteiger partial charge in [-0.05, 0) is 12.1 Å². The van der Waals surface area contributed by atoms with Gasteiger partial charge in [0.05, 0.1) is 36.3 Å². The van der Waals surface area contributed by atoms with Crippen molar-refractivity contribution in [1.82, 2.24) is 15.0 Å². The Morgan fingerprint density at radius 3 is 2.35 bits per heavy atom. The molecule has 1 aliphatic heterocycles. The monoisotopic (exact) mass is 391 g/mol. The highest BCUT2D eigenvalue weighted by molar-refractivity contribution is 7.22. The third-order valence-corrected chi connectivity index (χ3v) is 5.93. The van der Waals surface area contributed by atoms with E-state index in [2.05, 4.69) is 19.8 Å². The van der Waals surface area contributed by atoms with Gasteiger partial charge < -0.3 is 19.3 Å². The maximum absolute atomic E-state index is 6.33. The van der Waals surface area contributed by atoms with E-state index in [1.54, 1.807) is 38.0 Å². The normalized spacial score (nSPS) is 14.7. The molecule has 3 aromatic rings. The number of benzene rings is 1. The Balaban J connectivity index is 1.51. The molecular formula is C17H18ClN5O2S. The van der Waals surface area contributed by atoms with Crippen LogP contribution in [0.4, 0.5) is 11.1 Å². The third-order valence-electron chi connectivity index (χ3n) is 4.35. The van der Waals surface area contributed by atoms with E-state index in [0.29, 0.717) is 10.8 Å². The second-order valence-corrected chi connectivity index (χ2v) is 7.21. The van der Waals surface area contributed by atoms with Crippen molar-refractivity contribution in [3.8, 4) is 11.5 Å². The maximum atomic E-state index is 6.33. The van der Waals surface area contributed by atoms with E-state index in [1.807, 2.05) is 12.1 Å². The van der Waals surface area contributed by atoms with Crippen LogP contribution in [-0.2, 0) is 0 Å². The number of fused-ring (bicyclic) bond motifs is 1. The van der Waals surface area contributed by atoms with Crippen LogP contribution in [0.15, 0.2) is 24.5 Å². The Hall–Kier alpha value is -2.32. The second kappa shape index (κ2) is 7.13. The van der Waals surface area contributed by atoms with Crippen molar-refractivity contribution in [3.63, 3.8) is 0 Å². The van der Waals surface area contributed by atoms with Crippen LogP contribution in [0.25, 0.3) is 10.2 Å². The molecule has 0 radical (unpaired) electrons. The van der Waals surface area contributed by atoms with E-state index < -0.39 is 0 Å². The first-order valence-corrected chi connectivity index (χ1v) is 9.38. The highest BCUT2D eigenvalue weighted by Gasteiger charge is 2.22. The first-order valence-electron chi connectivity index (χ1n) is 8.18. The Morgan fingerprint density at radius 1 is 1.00 bits per heavy atom. The molecule has 0 bridgehead atoms. The highest BCUT2D eigenvalue weighted by atomic mass is 35.5. The molecule has 1 fully saturated rings. The summed E-state index contributed by atoms with van der Waals surface area (Å²) in [6.45, 7) is 3.34.